The summed E-state index contributed by atoms with van der Waals surface area (Å²) in [6, 6.07) is 8.29. The Hall–Kier alpha value is -1.84. The molecule has 1 aliphatic carbocycles. The fourth-order valence-corrected chi connectivity index (χ4v) is 2.39. The Morgan fingerprint density at radius 3 is 2.83 bits per heavy atom. The summed E-state index contributed by atoms with van der Waals surface area (Å²) in [5.41, 5.74) is 3.20. The van der Waals surface area contributed by atoms with Crippen molar-refractivity contribution in [2.24, 2.45) is 11.1 Å². The Labute approximate surface area is 106 Å². The predicted octanol–water partition coefficient (Wildman–Crippen LogP) is 2.18. The highest BCUT2D eigenvalue weighted by molar-refractivity contribution is 5.89. The number of esters is 1. The van der Waals surface area contributed by atoms with E-state index in [1.165, 1.54) is 18.1 Å². The maximum Gasteiger partial charge on any atom is 0.303 e. The van der Waals surface area contributed by atoms with Crippen LogP contribution in [0.2, 0.25) is 0 Å². The molecule has 0 bridgehead atoms. The zero-order valence-electron chi connectivity index (χ0n) is 10.4. The molecule has 0 spiro atoms. The number of benzene rings is 1. The molecule has 1 unspecified atom stereocenters. The van der Waals surface area contributed by atoms with Gasteiger partial charge >= 0.3 is 5.97 Å². The van der Waals surface area contributed by atoms with Gasteiger partial charge in [0, 0.05) is 12.8 Å². The molecule has 0 amide bonds. The summed E-state index contributed by atoms with van der Waals surface area (Å²) in [6.07, 6.45) is 2.74. The molecule has 1 aromatic carbocycles. The summed E-state index contributed by atoms with van der Waals surface area (Å²) in [5.74, 6) is -0.198. The van der Waals surface area contributed by atoms with Gasteiger partial charge in [0.1, 0.15) is 6.61 Å². The van der Waals surface area contributed by atoms with Gasteiger partial charge in [-0.3, -0.25) is 4.79 Å². The van der Waals surface area contributed by atoms with E-state index in [0.29, 0.717) is 5.71 Å². The van der Waals surface area contributed by atoms with Crippen LogP contribution in [0.3, 0.4) is 0 Å². The van der Waals surface area contributed by atoms with Crippen molar-refractivity contribution >= 4 is 11.7 Å². The molecular weight excluding hydrogens is 230 g/mol. The lowest BCUT2D eigenvalue weighted by molar-refractivity contribution is -0.139. The van der Waals surface area contributed by atoms with Gasteiger partial charge in [-0.15, -0.1) is 0 Å². The van der Waals surface area contributed by atoms with Crippen LogP contribution >= 0.6 is 0 Å². The third-order valence-corrected chi connectivity index (χ3v) is 3.37. The molecule has 0 saturated heterocycles. The van der Waals surface area contributed by atoms with Crippen LogP contribution < -0.4 is 0 Å². The largest absolute Gasteiger partial charge is 0.460 e. The number of oxime groups is 1. The van der Waals surface area contributed by atoms with Crippen LogP contribution in [0.5, 0.6) is 0 Å². The van der Waals surface area contributed by atoms with Crippen molar-refractivity contribution in [3.05, 3.63) is 35.4 Å². The third-order valence-electron chi connectivity index (χ3n) is 3.37. The van der Waals surface area contributed by atoms with E-state index in [1.807, 2.05) is 12.1 Å². The van der Waals surface area contributed by atoms with Crippen molar-refractivity contribution in [1.82, 2.24) is 0 Å². The lowest BCUT2D eigenvalue weighted by atomic mass is 9.81. The smallest absolute Gasteiger partial charge is 0.303 e. The number of aryl methyl sites for hydroxylation is 1. The zero-order valence-corrected chi connectivity index (χ0v) is 10.4. The molecule has 0 radical (unpaired) electrons. The average molecular weight is 247 g/mol. The number of nitrogens with zero attached hydrogens (tertiary/aromatic N) is 1. The molecule has 1 atom stereocenters. The van der Waals surface area contributed by atoms with E-state index in [1.54, 1.807) is 0 Å². The van der Waals surface area contributed by atoms with Gasteiger partial charge in [0.2, 0.25) is 0 Å². The highest BCUT2D eigenvalue weighted by atomic mass is 16.5. The molecule has 2 rings (SSSR count). The van der Waals surface area contributed by atoms with Gasteiger partial charge in [-0.1, -0.05) is 29.4 Å². The number of fused-ring (bicyclic) bond motifs is 1. The molecule has 96 valence electrons. The van der Waals surface area contributed by atoms with Crippen LogP contribution in [0.25, 0.3) is 0 Å². The molecule has 1 aromatic rings. The number of ether oxygens (including phenoxy) is 1. The Bertz CT molecular complexity index is 468. The lowest BCUT2D eigenvalue weighted by Gasteiger charge is -2.24. The summed E-state index contributed by atoms with van der Waals surface area (Å²) in [6.45, 7) is 1.43. The average Bonchev–Trinajstić information content (AvgIpc) is 2.39. The summed E-state index contributed by atoms with van der Waals surface area (Å²) in [7, 11) is 0. The Morgan fingerprint density at radius 2 is 2.17 bits per heavy atom. The van der Waals surface area contributed by atoms with Crippen molar-refractivity contribution in [2.75, 3.05) is 6.61 Å². The van der Waals surface area contributed by atoms with Crippen molar-refractivity contribution in [2.45, 2.75) is 26.2 Å². The van der Waals surface area contributed by atoms with Crippen LogP contribution in [-0.2, 0) is 22.4 Å². The molecular formula is C14H17NO3. The monoisotopic (exact) mass is 247 g/mol. The number of carbonyl (C=O) groups is 1. The second kappa shape index (κ2) is 5.67. The maximum absolute atomic E-state index is 10.8. The maximum atomic E-state index is 10.8. The van der Waals surface area contributed by atoms with Crippen LogP contribution in [0, 0.1) is 5.92 Å². The van der Waals surface area contributed by atoms with Crippen LogP contribution in [0.4, 0.5) is 0 Å². The molecule has 0 aliphatic heterocycles. The van der Waals surface area contributed by atoms with Gasteiger partial charge in [0.25, 0.3) is 0 Å². The van der Waals surface area contributed by atoms with E-state index in [0.717, 1.165) is 19.3 Å². The molecule has 18 heavy (non-hydrogen) atoms. The standard InChI is InChI=1S/C14H17NO3/c1-10(16)18-9-14(15-17)13-7-6-11-4-2-3-5-12(11)8-13/h2-5,13,17H,6-9H2,1H3. The number of hydrogen-bond acceptors (Lipinski definition) is 4. The molecule has 0 heterocycles. The van der Waals surface area contributed by atoms with Crippen LogP contribution in [0.15, 0.2) is 29.4 Å². The van der Waals surface area contributed by atoms with E-state index in [-0.39, 0.29) is 18.5 Å². The Morgan fingerprint density at radius 1 is 1.44 bits per heavy atom. The Balaban J connectivity index is 2.05. The number of rotatable bonds is 3. The second-order valence-corrected chi connectivity index (χ2v) is 4.58. The first-order chi connectivity index (χ1) is 8.70. The fourth-order valence-electron chi connectivity index (χ4n) is 2.39. The minimum absolute atomic E-state index is 0.0820. The first-order valence-electron chi connectivity index (χ1n) is 6.11. The van der Waals surface area contributed by atoms with Crippen molar-refractivity contribution in [3.8, 4) is 0 Å². The van der Waals surface area contributed by atoms with Gasteiger partial charge in [-0.05, 0) is 30.4 Å². The van der Waals surface area contributed by atoms with Gasteiger partial charge in [0.05, 0.1) is 5.71 Å². The molecule has 0 saturated carbocycles. The fraction of sp³-hybridized carbons (Fsp3) is 0.429. The Kier molecular flexibility index (Phi) is 3.97. The van der Waals surface area contributed by atoms with E-state index < -0.39 is 0 Å². The van der Waals surface area contributed by atoms with E-state index in [9.17, 15) is 4.79 Å². The summed E-state index contributed by atoms with van der Waals surface area (Å²) in [5, 5.41) is 12.3. The lowest BCUT2D eigenvalue weighted by Crippen LogP contribution is -2.27. The third kappa shape index (κ3) is 2.88. The minimum atomic E-state index is -0.354. The zero-order chi connectivity index (χ0) is 13.0. The predicted molar refractivity (Wildman–Crippen MR) is 67.8 cm³/mol. The topological polar surface area (TPSA) is 58.9 Å². The summed E-state index contributed by atoms with van der Waals surface area (Å²) >= 11 is 0. The molecule has 4 nitrogen and oxygen atoms in total. The molecule has 0 fully saturated rings. The molecule has 0 aromatic heterocycles. The van der Waals surface area contributed by atoms with E-state index in [2.05, 4.69) is 17.3 Å². The van der Waals surface area contributed by atoms with Crippen LogP contribution in [-0.4, -0.2) is 23.5 Å². The minimum Gasteiger partial charge on any atom is -0.460 e. The van der Waals surface area contributed by atoms with Crippen molar-refractivity contribution in [1.29, 1.82) is 0 Å². The van der Waals surface area contributed by atoms with Crippen molar-refractivity contribution in [3.63, 3.8) is 0 Å². The SMILES string of the molecule is CC(=O)OCC(=NO)C1CCc2ccccc2C1. The second-order valence-electron chi connectivity index (χ2n) is 4.58. The van der Waals surface area contributed by atoms with E-state index in [4.69, 9.17) is 9.94 Å². The number of hydrogen-bond donors (Lipinski definition) is 1. The molecule has 1 aliphatic rings. The van der Waals surface area contributed by atoms with Gasteiger partial charge in [-0.25, -0.2) is 0 Å². The van der Waals surface area contributed by atoms with Gasteiger partial charge in [-0.2, -0.15) is 0 Å². The highest BCUT2D eigenvalue weighted by Gasteiger charge is 2.23. The highest BCUT2D eigenvalue weighted by Crippen LogP contribution is 2.26. The van der Waals surface area contributed by atoms with Crippen LogP contribution in [0.1, 0.15) is 24.5 Å². The van der Waals surface area contributed by atoms with E-state index >= 15 is 0 Å². The first kappa shape index (κ1) is 12.6. The molecule has 4 heteroatoms. The quantitative estimate of drug-likeness (QED) is 0.385. The first-order valence-corrected chi connectivity index (χ1v) is 6.11. The number of carbonyl (C=O) groups excluding carboxylic acids is 1. The summed E-state index contributed by atoms with van der Waals surface area (Å²) in [4.78, 5) is 10.8. The summed E-state index contributed by atoms with van der Waals surface area (Å²) < 4.78 is 4.91. The molecule has 1 N–H and O–H groups in total. The normalized spacial score (nSPS) is 19.2. The van der Waals surface area contributed by atoms with Crippen molar-refractivity contribution < 1.29 is 14.7 Å². The van der Waals surface area contributed by atoms with Gasteiger partial charge < -0.3 is 9.94 Å². The van der Waals surface area contributed by atoms with Gasteiger partial charge in [0.15, 0.2) is 0 Å².